The smallest absolute Gasteiger partial charge is 0.161 e. The molecule has 0 aliphatic rings. The second-order valence-corrected chi connectivity index (χ2v) is 14.9. The van der Waals surface area contributed by atoms with Crippen LogP contribution in [0.5, 0.6) is 0 Å². The van der Waals surface area contributed by atoms with Crippen LogP contribution in [0.4, 0.5) is 0 Å². The predicted octanol–water partition coefficient (Wildman–Crippen LogP) is 15.5. The summed E-state index contributed by atoms with van der Waals surface area (Å²) in [6.45, 7) is 0. The average Bonchev–Trinajstić information content (AvgIpc) is 3.35. The molecule has 0 amide bonds. The molecule has 0 radical (unpaired) electrons. The molecule has 282 valence electrons. The van der Waals surface area contributed by atoms with E-state index in [2.05, 4.69) is 231 Å². The van der Waals surface area contributed by atoms with Gasteiger partial charge < -0.3 is 0 Å². The van der Waals surface area contributed by atoms with Crippen molar-refractivity contribution in [3.8, 4) is 101 Å². The molecule has 2 heteroatoms. The lowest BCUT2D eigenvalue weighted by molar-refractivity contribution is 1.18. The Morgan fingerprint density at radius 2 is 0.500 bits per heavy atom. The molecule has 0 unspecified atom stereocenters. The number of rotatable bonds is 9. The van der Waals surface area contributed by atoms with Crippen LogP contribution in [0.25, 0.3) is 101 Å². The molecular formula is C58H40N2. The van der Waals surface area contributed by atoms with Gasteiger partial charge in [0.25, 0.3) is 0 Å². The first kappa shape index (κ1) is 36.4. The predicted molar refractivity (Wildman–Crippen MR) is 251 cm³/mol. The summed E-state index contributed by atoms with van der Waals surface area (Å²) in [7, 11) is 0. The summed E-state index contributed by atoms with van der Waals surface area (Å²) in [5, 5.41) is 0. The Bertz CT molecular complexity index is 3020. The number of aromatic nitrogens is 2. The minimum absolute atomic E-state index is 0.692. The van der Waals surface area contributed by atoms with E-state index in [4.69, 9.17) is 9.97 Å². The molecule has 1 heterocycles. The van der Waals surface area contributed by atoms with E-state index in [9.17, 15) is 0 Å². The summed E-state index contributed by atoms with van der Waals surface area (Å²) in [6.07, 6.45) is 0. The van der Waals surface area contributed by atoms with Crippen LogP contribution in [0.15, 0.2) is 243 Å². The summed E-state index contributed by atoms with van der Waals surface area (Å²) >= 11 is 0. The molecule has 9 aromatic carbocycles. The van der Waals surface area contributed by atoms with Gasteiger partial charge in [0.15, 0.2) is 5.82 Å². The van der Waals surface area contributed by atoms with Gasteiger partial charge >= 0.3 is 0 Å². The van der Waals surface area contributed by atoms with Gasteiger partial charge in [-0.3, -0.25) is 0 Å². The normalized spacial score (nSPS) is 11.0. The third-order valence-corrected chi connectivity index (χ3v) is 11.1. The van der Waals surface area contributed by atoms with Crippen molar-refractivity contribution in [1.29, 1.82) is 0 Å². The Morgan fingerprint density at radius 1 is 0.200 bits per heavy atom. The van der Waals surface area contributed by atoms with Crippen LogP contribution >= 0.6 is 0 Å². The fourth-order valence-electron chi connectivity index (χ4n) is 8.30. The van der Waals surface area contributed by atoms with Gasteiger partial charge in [-0.15, -0.1) is 0 Å². The van der Waals surface area contributed by atoms with Gasteiger partial charge in [0.05, 0.1) is 11.4 Å². The summed E-state index contributed by atoms with van der Waals surface area (Å²) in [5.74, 6) is 0.692. The van der Waals surface area contributed by atoms with Crippen LogP contribution in [0.1, 0.15) is 0 Å². The zero-order chi connectivity index (χ0) is 40.1. The van der Waals surface area contributed by atoms with Crippen molar-refractivity contribution < 1.29 is 0 Å². The van der Waals surface area contributed by atoms with Gasteiger partial charge in [0.2, 0.25) is 0 Å². The highest BCUT2D eigenvalue weighted by Crippen LogP contribution is 2.50. The Hall–Kier alpha value is -7.94. The molecule has 0 bridgehead atoms. The van der Waals surface area contributed by atoms with Crippen molar-refractivity contribution in [1.82, 2.24) is 9.97 Å². The third-order valence-electron chi connectivity index (χ3n) is 11.1. The molecule has 0 saturated carbocycles. The Morgan fingerprint density at radius 3 is 0.950 bits per heavy atom. The number of hydrogen-bond donors (Lipinski definition) is 0. The van der Waals surface area contributed by atoms with Crippen LogP contribution < -0.4 is 0 Å². The topological polar surface area (TPSA) is 25.8 Å². The van der Waals surface area contributed by atoms with Crippen LogP contribution in [-0.2, 0) is 0 Å². The molecule has 0 aliphatic heterocycles. The first-order chi connectivity index (χ1) is 29.8. The summed E-state index contributed by atoms with van der Waals surface area (Å²) in [6, 6.07) is 86.0. The van der Waals surface area contributed by atoms with Crippen molar-refractivity contribution in [3.63, 3.8) is 0 Å². The molecule has 60 heavy (non-hydrogen) atoms. The number of nitrogens with zero attached hydrogens (tertiary/aromatic N) is 2. The quantitative estimate of drug-likeness (QED) is 0.146. The van der Waals surface area contributed by atoms with Gasteiger partial charge in [0, 0.05) is 16.7 Å². The number of benzene rings is 9. The maximum atomic E-state index is 5.29. The SMILES string of the molecule is c1ccc(-c2cc(-c3ccc(-c4cc(-c5ccccc5)c(-c5ccccc5)c(-c5ccccc5)c4-c4ccccc4)cc3)nc(-c3ccccc3-c3ccccc3)n2)cc1. The summed E-state index contributed by atoms with van der Waals surface area (Å²) in [5.41, 5.74) is 18.8. The Balaban J connectivity index is 1.19. The maximum absolute atomic E-state index is 5.29. The van der Waals surface area contributed by atoms with Crippen molar-refractivity contribution in [2.45, 2.75) is 0 Å². The van der Waals surface area contributed by atoms with Gasteiger partial charge in [-0.2, -0.15) is 0 Å². The van der Waals surface area contributed by atoms with E-state index in [1.807, 2.05) is 12.1 Å². The second-order valence-electron chi connectivity index (χ2n) is 14.9. The van der Waals surface area contributed by atoms with Crippen LogP contribution in [-0.4, -0.2) is 9.97 Å². The van der Waals surface area contributed by atoms with Crippen molar-refractivity contribution in [2.24, 2.45) is 0 Å². The molecule has 0 spiro atoms. The van der Waals surface area contributed by atoms with Crippen molar-refractivity contribution in [3.05, 3.63) is 243 Å². The monoisotopic (exact) mass is 764 g/mol. The minimum atomic E-state index is 0.692. The van der Waals surface area contributed by atoms with E-state index in [-0.39, 0.29) is 0 Å². The number of hydrogen-bond acceptors (Lipinski definition) is 2. The highest BCUT2D eigenvalue weighted by atomic mass is 14.9. The third kappa shape index (κ3) is 7.23. The Kier molecular flexibility index (Phi) is 10.0. The summed E-state index contributed by atoms with van der Waals surface area (Å²) in [4.78, 5) is 10.5. The largest absolute Gasteiger partial charge is 0.228 e. The Labute approximate surface area is 351 Å². The lowest BCUT2D eigenvalue weighted by atomic mass is 9.79. The zero-order valence-corrected chi connectivity index (χ0v) is 33.0. The van der Waals surface area contributed by atoms with Crippen molar-refractivity contribution >= 4 is 0 Å². The molecule has 0 aliphatic carbocycles. The molecule has 2 nitrogen and oxygen atoms in total. The van der Waals surface area contributed by atoms with E-state index < -0.39 is 0 Å². The molecule has 0 atom stereocenters. The molecule has 10 rings (SSSR count). The molecule has 0 N–H and O–H groups in total. The lowest BCUT2D eigenvalue weighted by Crippen LogP contribution is -1.98. The summed E-state index contributed by atoms with van der Waals surface area (Å²) < 4.78 is 0. The molecule has 0 fully saturated rings. The lowest BCUT2D eigenvalue weighted by Gasteiger charge is -2.24. The first-order valence-electron chi connectivity index (χ1n) is 20.4. The first-order valence-corrected chi connectivity index (χ1v) is 20.4. The van der Waals surface area contributed by atoms with E-state index in [1.165, 1.54) is 38.9 Å². The van der Waals surface area contributed by atoms with Gasteiger partial charge in [0.1, 0.15) is 0 Å². The average molecular weight is 765 g/mol. The fraction of sp³-hybridized carbons (Fsp3) is 0. The minimum Gasteiger partial charge on any atom is -0.228 e. The van der Waals surface area contributed by atoms with Crippen molar-refractivity contribution in [2.75, 3.05) is 0 Å². The second kappa shape index (κ2) is 16.5. The van der Waals surface area contributed by atoms with Crippen LogP contribution in [0, 0.1) is 0 Å². The van der Waals surface area contributed by atoms with Crippen LogP contribution in [0.3, 0.4) is 0 Å². The van der Waals surface area contributed by atoms with Crippen LogP contribution in [0.2, 0.25) is 0 Å². The molecule has 1 aromatic heterocycles. The van der Waals surface area contributed by atoms with E-state index in [0.717, 1.165) is 55.9 Å². The zero-order valence-electron chi connectivity index (χ0n) is 33.0. The van der Waals surface area contributed by atoms with Gasteiger partial charge in [-0.25, -0.2) is 9.97 Å². The standard InChI is InChI=1S/C58H40N2/c1-7-21-41(22-8-1)49-33-19-20-34-50(49)58-59-53(44-25-11-3-12-26-44)40-54(60-58)45-37-35-43(36-38-45)52-39-51(42-23-9-2-10-24-42)55(46-27-13-4-14-28-46)57(48-31-17-6-18-32-48)56(52)47-29-15-5-16-30-47/h1-40H. The van der Waals surface area contributed by atoms with E-state index in [1.54, 1.807) is 0 Å². The highest BCUT2D eigenvalue weighted by Gasteiger charge is 2.24. The molecular weight excluding hydrogens is 725 g/mol. The maximum Gasteiger partial charge on any atom is 0.161 e. The van der Waals surface area contributed by atoms with Gasteiger partial charge in [-0.05, 0) is 78.9 Å². The molecule has 0 saturated heterocycles. The highest BCUT2D eigenvalue weighted by molar-refractivity contribution is 6.07. The fourth-order valence-corrected chi connectivity index (χ4v) is 8.30. The van der Waals surface area contributed by atoms with Gasteiger partial charge in [-0.1, -0.05) is 231 Å². The van der Waals surface area contributed by atoms with E-state index in [0.29, 0.717) is 5.82 Å². The van der Waals surface area contributed by atoms with E-state index >= 15 is 0 Å². The molecule has 10 aromatic rings.